The summed E-state index contributed by atoms with van der Waals surface area (Å²) in [7, 11) is 6.93. The smallest absolute Gasteiger partial charge is 0.254 e. The molecular weight excluding hydrogens is 346 g/mol. The molecule has 7 heteroatoms. The molecule has 2 rings (SSSR count). The lowest BCUT2D eigenvalue weighted by Gasteiger charge is -2.13. The van der Waals surface area contributed by atoms with Gasteiger partial charge in [0.25, 0.3) is 5.56 Å². The molecule has 0 atom stereocenters. The number of hydrogen-bond donors (Lipinski definition) is 2. The molecule has 0 saturated carbocycles. The van der Waals surface area contributed by atoms with E-state index in [2.05, 4.69) is 9.97 Å². The second kappa shape index (κ2) is 8.35. The van der Waals surface area contributed by atoms with E-state index in [0.29, 0.717) is 47.1 Å². The van der Waals surface area contributed by atoms with Gasteiger partial charge in [-0.2, -0.15) is 0 Å². The minimum atomic E-state index is -0.248. The molecule has 1 aromatic heterocycles. The summed E-state index contributed by atoms with van der Waals surface area (Å²) in [6.45, 7) is 6.06. The van der Waals surface area contributed by atoms with Crippen LogP contribution in [0.3, 0.4) is 0 Å². The Morgan fingerprint density at radius 3 is 2.79 bits per heavy atom. The summed E-state index contributed by atoms with van der Waals surface area (Å²) in [6, 6.07) is 5.47. The zero-order valence-electron chi connectivity index (χ0n) is 13.9. The van der Waals surface area contributed by atoms with Gasteiger partial charge < -0.3 is 15.1 Å². The van der Waals surface area contributed by atoms with Crippen LogP contribution in [-0.4, -0.2) is 22.3 Å². The zero-order chi connectivity index (χ0) is 17.7. The maximum atomic E-state index is 12.3. The second-order valence-corrected chi connectivity index (χ2v) is 6.37. The minimum absolute atomic E-state index is 0.248. The third kappa shape index (κ3) is 3.99. The number of benzene rings is 1. The van der Waals surface area contributed by atoms with Crippen LogP contribution in [0.5, 0.6) is 5.75 Å². The predicted molar refractivity (Wildman–Crippen MR) is 99.6 cm³/mol. The summed E-state index contributed by atoms with van der Waals surface area (Å²) >= 11 is 0. The Kier molecular flexibility index (Phi) is 6.45. The van der Waals surface area contributed by atoms with Crippen molar-refractivity contribution in [1.82, 2.24) is 9.97 Å². The quantitative estimate of drug-likeness (QED) is 0.705. The third-order valence-corrected chi connectivity index (χ3v) is 4.50. The third-order valence-electron chi connectivity index (χ3n) is 3.53. The van der Waals surface area contributed by atoms with E-state index in [1.54, 1.807) is 13.0 Å². The molecule has 1 aromatic carbocycles. The van der Waals surface area contributed by atoms with Gasteiger partial charge in [0.05, 0.1) is 23.6 Å². The van der Waals surface area contributed by atoms with Crippen LogP contribution in [0, 0.1) is 12.3 Å². The molecule has 0 saturated heterocycles. The lowest BCUT2D eigenvalue weighted by Crippen LogP contribution is -2.19. The van der Waals surface area contributed by atoms with E-state index in [0.717, 1.165) is 22.3 Å². The van der Waals surface area contributed by atoms with Crippen molar-refractivity contribution in [3.63, 3.8) is 0 Å². The van der Waals surface area contributed by atoms with Crippen molar-refractivity contribution in [3.8, 4) is 17.1 Å². The van der Waals surface area contributed by atoms with Gasteiger partial charge in [-0.15, -0.1) is 0 Å². The Morgan fingerprint density at radius 2 is 2.17 bits per heavy atom. The van der Waals surface area contributed by atoms with Crippen LogP contribution in [0.1, 0.15) is 37.9 Å². The summed E-state index contributed by atoms with van der Waals surface area (Å²) in [5.41, 5.74) is 1.66. The standard InChI is InChI=1S/C17H20ClN3O2S/c1-4-6-13(19)15-10(3)17(22)21-16(20-15)12-9-11(24-18)7-8-14(12)23-5-2/h7-9,19H,4-6H2,1-3H3,(H,20,21,22). The van der Waals surface area contributed by atoms with Gasteiger partial charge in [-0.05, 0) is 60.1 Å². The van der Waals surface area contributed by atoms with Crippen molar-refractivity contribution in [2.45, 2.75) is 38.5 Å². The average molecular weight is 366 g/mol. The van der Waals surface area contributed by atoms with Crippen LogP contribution in [0.2, 0.25) is 0 Å². The van der Waals surface area contributed by atoms with Gasteiger partial charge in [0.2, 0.25) is 0 Å². The van der Waals surface area contributed by atoms with Gasteiger partial charge in [-0.25, -0.2) is 4.98 Å². The summed E-state index contributed by atoms with van der Waals surface area (Å²) in [5.74, 6) is 1.00. The molecule has 128 valence electrons. The molecule has 0 fully saturated rings. The molecule has 2 N–H and O–H groups in total. The SMILES string of the molecule is CCCC(=N)c1nc(-c2cc(SCl)ccc2OCC)[nH]c(=O)c1C. The first-order valence-electron chi connectivity index (χ1n) is 7.76. The van der Waals surface area contributed by atoms with Gasteiger partial charge in [0, 0.05) is 10.5 Å². The molecule has 0 aliphatic heterocycles. The summed E-state index contributed by atoms with van der Waals surface area (Å²) in [6.07, 6.45) is 1.40. The van der Waals surface area contributed by atoms with Crippen molar-refractivity contribution in [2.75, 3.05) is 6.61 Å². The number of hydrogen-bond acceptors (Lipinski definition) is 5. The Labute approximate surface area is 149 Å². The first-order valence-corrected chi connectivity index (χ1v) is 9.40. The highest BCUT2D eigenvalue weighted by Gasteiger charge is 2.16. The molecular formula is C17H20ClN3O2S. The fourth-order valence-corrected chi connectivity index (χ4v) is 2.92. The molecule has 2 aromatic rings. The number of ether oxygens (including phenoxy) is 1. The Bertz CT molecular complexity index is 805. The molecule has 0 radical (unpaired) electrons. The fraction of sp³-hybridized carbons (Fsp3) is 0.353. The van der Waals surface area contributed by atoms with Crippen LogP contribution in [0.4, 0.5) is 0 Å². The topological polar surface area (TPSA) is 78.8 Å². The highest BCUT2D eigenvalue weighted by Crippen LogP contribution is 2.33. The Balaban J connectivity index is 2.64. The second-order valence-electron chi connectivity index (χ2n) is 5.28. The van der Waals surface area contributed by atoms with Crippen LogP contribution >= 0.6 is 21.7 Å². The van der Waals surface area contributed by atoms with Gasteiger partial charge >= 0.3 is 0 Å². The molecule has 0 amide bonds. The van der Waals surface area contributed by atoms with E-state index in [1.165, 1.54) is 0 Å². The van der Waals surface area contributed by atoms with E-state index >= 15 is 0 Å². The van der Waals surface area contributed by atoms with E-state index in [9.17, 15) is 4.79 Å². The highest BCUT2D eigenvalue weighted by atomic mass is 35.7. The van der Waals surface area contributed by atoms with Crippen LogP contribution in [0.15, 0.2) is 27.9 Å². The number of nitrogens with zero attached hydrogens (tertiary/aromatic N) is 1. The molecule has 0 aliphatic rings. The number of aromatic nitrogens is 2. The van der Waals surface area contributed by atoms with E-state index in [1.807, 2.05) is 26.0 Å². The van der Waals surface area contributed by atoms with Crippen molar-refractivity contribution in [2.24, 2.45) is 0 Å². The monoisotopic (exact) mass is 365 g/mol. The van der Waals surface area contributed by atoms with Gasteiger partial charge in [0.15, 0.2) is 0 Å². The molecule has 5 nitrogen and oxygen atoms in total. The highest BCUT2D eigenvalue weighted by molar-refractivity contribution is 8.21. The molecule has 1 heterocycles. The maximum Gasteiger partial charge on any atom is 0.254 e. The zero-order valence-corrected chi connectivity index (χ0v) is 15.5. The number of H-pyrrole nitrogens is 1. The normalized spacial score (nSPS) is 10.7. The molecule has 0 spiro atoms. The number of nitrogens with one attached hydrogen (secondary N) is 2. The van der Waals surface area contributed by atoms with Crippen LogP contribution < -0.4 is 10.3 Å². The molecule has 0 unspecified atom stereocenters. The molecule has 24 heavy (non-hydrogen) atoms. The van der Waals surface area contributed by atoms with Crippen LogP contribution in [0.25, 0.3) is 11.4 Å². The van der Waals surface area contributed by atoms with Crippen LogP contribution in [-0.2, 0) is 0 Å². The fourth-order valence-electron chi connectivity index (χ4n) is 2.35. The van der Waals surface area contributed by atoms with E-state index in [4.69, 9.17) is 20.8 Å². The maximum absolute atomic E-state index is 12.3. The lowest BCUT2D eigenvalue weighted by molar-refractivity contribution is 0.341. The average Bonchev–Trinajstić information content (AvgIpc) is 2.58. The Hall–Kier alpha value is -1.79. The van der Waals surface area contributed by atoms with Crippen molar-refractivity contribution in [3.05, 3.63) is 39.8 Å². The number of rotatable bonds is 7. The number of aromatic amines is 1. The predicted octanol–water partition coefficient (Wildman–Crippen LogP) is 4.56. The first kappa shape index (κ1) is 18.5. The van der Waals surface area contributed by atoms with Gasteiger partial charge in [0.1, 0.15) is 11.6 Å². The molecule has 0 bridgehead atoms. The number of halogens is 1. The van der Waals surface area contributed by atoms with Crippen molar-refractivity contribution in [1.29, 1.82) is 5.41 Å². The van der Waals surface area contributed by atoms with Gasteiger partial charge in [-0.3, -0.25) is 4.79 Å². The Morgan fingerprint density at radius 1 is 1.42 bits per heavy atom. The largest absolute Gasteiger partial charge is 0.493 e. The summed E-state index contributed by atoms with van der Waals surface area (Å²) < 4.78 is 5.64. The summed E-state index contributed by atoms with van der Waals surface area (Å²) in [5, 5.41) is 8.17. The molecule has 0 aliphatic carbocycles. The summed E-state index contributed by atoms with van der Waals surface area (Å²) in [4.78, 5) is 20.4. The van der Waals surface area contributed by atoms with E-state index in [-0.39, 0.29) is 5.56 Å². The van der Waals surface area contributed by atoms with Crippen molar-refractivity contribution >= 4 is 27.4 Å². The van der Waals surface area contributed by atoms with E-state index < -0.39 is 0 Å². The van der Waals surface area contributed by atoms with Gasteiger partial charge in [-0.1, -0.05) is 13.3 Å². The lowest BCUT2D eigenvalue weighted by atomic mass is 10.1. The first-order chi connectivity index (χ1) is 11.5. The minimum Gasteiger partial charge on any atom is -0.493 e. The van der Waals surface area contributed by atoms with Crippen molar-refractivity contribution < 1.29 is 4.74 Å².